The van der Waals surface area contributed by atoms with Crippen molar-refractivity contribution in [3.8, 4) is 0 Å². The van der Waals surface area contributed by atoms with Crippen LogP contribution in [0.3, 0.4) is 0 Å². The van der Waals surface area contributed by atoms with E-state index >= 15 is 0 Å². The van der Waals surface area contributed by atoms with E-state index in [1.165, 1.54) is 23.3 Å². The van der Waals surface area contributed by atoms with Gasteiger partial charge in [-0.1, -0.05) is 41.9 Å². The van der Waals surface area contributed by atoms with Gasteiger partial charge < -0.3 is 5.32 Å². The molecule has 0 heterocycles. The fraction of sp³-hybridized carbons (Fsp3) is 0.294. The largest absolute Gasteiger partial charge is 0.316 e. The van der Waals surface area contributed by atoms with Gasteiger partial charge in [0.1, 0.15) is 5.82 Å². The third-order valence-electron chi connectivity index (χ3n) is 4.21. The molecule has 1 aliphatic rings. The molecule has 3 heteroatoms. The summed E-state index contributed by atoms with van der Waals surface area (Å²) in [6.07, 6.45) is 1.91. The average molecular weight is 290 g/mol. The lowest BCUT2D eigenvalue weighted by Gasteiger charge is -2.36. The molecule has 0 spiro atoms. The van der Waals surface area contributed by atoms with E-state index in [-0.39, 0.29) is 5.82 Å². The highest BCUT2D eigenvalue weighted by molar-refractivity contribution is 6.31. The molecule has 0 amide bonds. The lowest BCUT2D eigenvalue weighted by atomic mass is 9.72. The number of fused-ring (bicyclic) bond motifs is 1. The van der Waals surface area contributed by atoms with Crippen LogP contribution in [-0.2, 0) is 12.8 Å². The lowest BCUT2D eigenvalue weighted by Crippen LogP contribution is -2.39. The van der Waals surface area contributed by atoms with Crippen molar-refractivity contribution in [3.05, 3.63) is 70.0 Å². The van der Waals surface area contributed by atoms with Crippen LogP contribution in [0.1, 0.15) is 22.6 Å². The molecule has 2 unspecified atom stereocenters. The fourth-order valence-electron chi connectivity index (χ4n) is 3.03. The molecule has 0 aromatic heterocycles. The number of nitrogens with one attached hydrogen (secondary N) is 1. The minimum Gasteiger partial charge on any atom is -0.316 e. The highest BCUT2D eigenvalue weighted by atomic mass is 35.5. The van der Waals surface area contributed by atoms with E-state index in [2.05, 4.69) is 29.6 Å². The second-order valence-corrected chi connectivity index (χ2v) is 5.75. The van der Waals surface area contributed by atoms with Crippen molar-refractivity contribution >= 4 is 11.6 Å². The molecule has 2 aromatic carbocycles. The van der Waals surface area contributed by atoms with E-state index in [0.29, 0.717) is 17.0 Å². The number of halogens is 2. The Kier molecular flexibility index (Phi) is 3.77. The molecule has 0 saturated heterocycles. The first-order chi connectivity index (χ1) is 9.69. The lowest BCUT2D eigenvalue weighted by molar-refractivity contribution is 0.422. The van der Waals surface area contributed by atoms with E-state index in [9.17, 15) is 4.39 Å². The van der Waals surface area contributed by atoms with Gasteiger partial charge in [-0.25, -0.2) is 4.39 Å². The number of hydrogen-bond donors (Lipinski definition) is 1. The minimum atomic E-state index is -0.284. The van der Waals surface area contributed by atoms with E-state index < -0.39 is 0 Å². The monoisotopic (exact) mass is 289 g/mol. The van der Waals surface area contributed by atoms with Crippen molar-refractivity contribution in [1.29, 1.82) is 0 Å². The van der Waals surface area contributed by atoms with Crippen LogP contribution in [0.15, 0.2) is 42.5 Å². The molecule has 20 heavy (non-hydrogen) atoms. The van der Waals surface area contributed by atoms with Crippen molar-refractivity contribution in [2.24, 2.45) is 0 Å². The zero-order valence-electron chi connectivity index (χ0n) is 11.4. The predicted molar refractivity (Wildman–Crippen MR) is 80.8 cm³/mol. The Morgan fingerprint density at radius 3 is 2.80 bits per heavy atom. The fourth-order valence-corrected chi connectivity index (χ4v) is 3.27. The summed E-state index contributed by atoms with van der Waals surface area (Å²) in [5.41, 5.74) is 3.85. The van der Waals surface area contributed by atoms with Crippen molar-refractivity contribution in [3.63, 3.8) is 0 Å². The van der Waals surface area contributed by atoms with E-state index in [4.69, 9.17) is 11.6 Å². The smallest absolute Gasteiger partial charge is 0.124 e. The Morgan fingerprint density at radius 1 is 1.30 bits per heavy atom. The zero-order chi connectivity index (χ0) is 14.1. The van der Waals surface area contributed by atoms with Crippen LogP contribution >= 0.6 is 11.6 Å². The molecule has 1 nitrogen and oxygen atoms in total. The maximum atomic E-state index is 13.1. The van der Waals surface area contributed by atoms with Gasteiger partial charge in [0.05, 0.1) is 0 Å². The number of likely N-dealkylation sites (N-methyl/N-ethyl adjacent to an activating group) is 1. The molecule has 0 fully saturated rings. The van der Waals surface area contributed by atoms with Gasteiger partial charge >= 0.3 is 0 Å². The van der Waals surface area contributed by atoms with Gasteiger partial charge in [-0.2, -0.15) is 0 Å². The Balaban J connectivity index is 1.79. The van der Waals surface area contributed by atoms with Crippen LogP contribution in [0.2, 0.25) is 5.02 Å². The van der Waals surface area contributed by atoms with Crippen LogP contribution in [0.25, 0.3) is 0 Å². The number of rotatable bonds is 4. The van der Waals surface area contributed by atoms with Gasteiger partial charge in [0.25, 0.3) is 0 Å². The van der Waals surface area contributed by atoms with Crippen LogP contribution in [0.5, 0.6) is 0 Å². The van der Waals surface area contributed by atoms with Crippen molar-refractivity contribution in [2.45, 2.75) is 24.8 Å². The van der Waals surface area contributed by atoms with E-state index in [0.717, 1.165) is 18.4 Å². The molecule has 2 aromatic rings. The molecule has 1 N–H and O–H groups in total. The maximum absolute atomic E-state index is 13.1. The second-order valence-electron chi connectivity index (χ2n) is 5.34. The van der Waals surface area contributed by atoms with Gasteiger partial charge in [0.15, 0.2) is 0 Å². The molecule has 0 bridgehead atoms. The summed E-state index contributed by atoms with van der Waals surface area (Å²) < 4.78 is 13.1. The third kappa shape index (κ3) is 2.46. The Labute approximate surface area is 123 Å². The Morgan fingerprint density at radius 2 is 2.10 bits per heavy atom. The van der Waals surface area contributed by atoms with Gasteiger partial charge in [-0.3, -0.25) is 0 Å². The highest BCUT2D eigenvalue weighted by Crippen LogP contribution is 2.38. The molecule has 0 radical (unpaired) electrons. The molecule has 2 atom stereocenters. The number of benzene rings is 2. The first-order valence-corrected chi connectivity index (χ1v) is 7.26. The molecule has 0 aliphatic heterocycles. The Hall–Kier alpha value is -1.38. The van der Waals surface area contributed by atoms with Crippen molar-refractivity contribution < 1.29 is 4.39 Å². The van der Waals surface area contributed by atoms with Gasteiger partial charge in [-0.05, 0) is 48.7 Å². The molecule has 104 valence electrons. The summed E-state index contributed by atoms with van der Waals surface area (Å²) >= 11 is 6.13. The third-order valence-corrected chi connectivity index (χ3v) is 4.56. The molecular formula is C17H17ClFN. The van der Waals surface area contributed by atoms with Crippen LogP contribution in [-0.4, -0.2) is 13.1 Å². The van der Waals surface area contributed by atoms with Crippen LogP contribution in [0, 0.1) is 5.82 Å². The summed E-state index contributed by atoms with van der Waals surface area (Å²) in [4.78, 5) is 0. The standard InChI is InChI=1S/C17H17ClFN/c1-20-17(9-12-6-7-13(19)10-16(12)18)15-8-11-4-2-3-5-14(11)15/h2-7,10,15,17,20H,8-9H2,1H3. The quantitative estimate of drug-likeness (QED) is 0.899. The second kappa shape index (κ2) is 5.55. The average Bonchev–Trinajstić information content (AvgIpc) is 2.41. The summed E-state index contributed by atoms with van der Waals surface area (Å²) in [5, 5.41) is 3.89. The van der Waals surface area contributed by atoms with Crippen molar-refractivity contribution in [1.82, 2.24) is 5.32 Å². The van der Waals surface area contributed by atoms with Gasteiger partial charge in [0, 0.05) is 17.0 Å². The summed E-state index contributed by atoms with van der Waals surface area (Å²) in [7, 11) is 1.98. The zero-order valence-corrected chi connectivity index (χ0v) is 12.1. The normalized spacial score (nSPS) is 18.2. The van der Waals surface area contributed by atoms with Gasteiger partial charge in [-0.15, -0.1) is 0 Å². The van der Waals surface area contributed by atoms with Crippen LogP contribution < -0.4 is 5.32 Å². The van der Waals surface area contributed by atoms with E-state index in [1.807, 2.05) is 7.05 Å². The minimum absolute atomic E-state index is 0.284. The van der Waals surface area contributed by atoms with Gasteiger partial charge in [0.2, 0.25) is 0 Å². The van der Waals surface area contributed by atoms with Crippen molar-refractivity contribution in [2.75, 3.05) is 7.05 Å². The topological polar surface area (TPSA) is 12.0 Å². The Bertz CT molecular complexity index is 626. The molecular weight excluding hydrogens is 273 g/mol. The van der Waals surface area contributed by atoms with E-state index in [1.54, 1.807) is 6.07 Å². The predicted octanol–water partition coefficient (Wildman–Crippen LogP) is 3.95. The summed E-state index contributed by atoms with van der Waals surface area (Å²) in [6.45, 7) is 0. The highest BCUT2D eigenvalue weighted by Gasteiger charge is 2.32. The first kappa shape index (κ1) is 13.6. The maximum Gasteiger partial charge on any atom is 0.124 e. The SMILES string of the molecule is CNC(Cc1ccc(F)cc1Cl)C1Cc2ccccc21. The molecule has 0 saturated carbocycles. The summed E-state index contributed by atoms with van der Waals surface area (Å²) in [6, 6.07) is 13.5. The molecule has 3 rings (SSSR count). The van der Waals surface area contributed by atoms with Crippen LogP contribution in [0.4, 0.5) is 4.39 Å². The number of hydrogen-bond acceptors (Lipinski definition) is 1. The molecule has 1 aliphatic carbocycles. The summed E-state index contributed by atoms with van der Waals surface area (Å²) in [5.74, 6) is 0.228. The first-order valence-electron chi connectivity index (χ1n) is 6.88.